The summed E-state index contributed by atoms with van der Waals surface area (Å²) >= 11 is 7.84. The number of aromatic nitrogens is 1. The van der Waals surface area contributed by atoms with Gasteiger partial charge in [-0.15, -0.1) is 11.3 Å². The predicted octanol–water partition coefficient (Wildman–Crippen LogP) is 5.65. The first-order chi connectivity index (χ1) is 16.4. The molecule has 6 rings (SSSR count). The molecule has 0 saturated heterocycles. The Bertz CT molecular complexity index is 1460. The molecule has 2 atom stereocenters. The molecular formula is C27H22ClN3O2S. The van der Waals surface area contributed by atoms with Crippen molar-refractivity contribution < 1.29 is 9.53 Å². The van der Waals surface area contributed by atoms with E-state index < -0.39 is 5.60 Å². The number of carbonyl (C=O) groups excluding carboxylic acids is 1. The second kappa shape index (κ2) is 7.67. The number of hydrogen-bond acceptors (Lipinski definition) is 5. The Kier molecular flexibility index (Phi) is 4.81. The van der Waals surface area contributed by atoms with Crippen LogP contribution in [0.2, 0.25) is 4.34 Å². The molecule has 2 aliphatic rings. The minimum absolute atomic E-state index is 0.145. The monoisotopic (exact) mass is 487 g/mol. The zero-order valence-electron chi connectivity index (χ0n) is 18.7. The van der Waals surface area contributed by atoms with Crippen LogP contribution in [0, 0.1) is 13.8 Å². The number of thiophene rings is 1. The van der Waals surface area contributed by atoms with E-state index in [0.29, 0.717) is 22.3 Å². The van der Waals surface area contributed by atoms with Crippen LogP contribution in [0.5, 0.6) is 0 Å². The first-order valence-electron chi connectivity index (χ1n) is 11.1. The number of carbonyl (C=O) groups is 1. The van der Waals surface area contributed by atoms with Gasteiger partial charge in [0.05, 0.1) is 4.34 Å². The van der Waals surface area contributed by atoms with Crippen molar-refractivity contribution >= 4 is 34.7 Å². The van der Waals surface area contributed by atoms with Crippen LogP contribution in [0.3, 0.4) is 0 Å². The summed E-state index contributed by atoms with van der Waals surface area (Å²) in [7, 11) is 0. The highest BCUT2D eigenvalue weighted by Crippen LogP contribution is 2.61. The van der Waals surface area contributed by atoms with Crippen LogP contribution in [0.1, 0.15) is 60.4 Å². The Morgan fingerprint density at radius 3 is 2.68 bits per heavy atom. The minimum atomic E-state index is -0.751. The average Bonchev–Trinajstić information content (AvgIpc) is 3.50. The SMILES string of the molecule is Cc1cc(N)nc(C)c1CNC(=O)c1ccc2c(c1)C1(c3ccc(Cl)s3)OC2c2ccccc21. The Hall–Kier alpha value is -3.19. The highest BCUT2D eigenvalue weighted by molar-refractivity contribution is 7.16. The highest BCUT2D eigenvalue weighted by atomic mass is 35.5. The number of benzene rings is 2. The number of rotatable bonds is 4. The van der Waals surface area contributed by atoms with Gasteiger partial charge in [-0.2, -0.15) is 0 Å². The van der Waals surface area contributed by atoms with Crippen LogP contribution >= 0.6 is 22.9 Å². The lowest BCUT2D eigenvalue weighted by Crippen LogP contribution is -2.28. The van der Waals surface area contributed by atoms with E-state index in [1.807, 2.05) is 62.4 Å². The van der Waals surface area contributed by atoms with E-state index in [4.69, 9.17) is 22.1 Å². The molecule has 170 valence electrons. The second-order valence-electron chi connectivity index (χ2n) is 8.78. The first-order valence-corrected chi connectivity index (χ1v) is 12.3. The summed E-state index contributed by atoms with van der Waals surface area (Å²) in [5.74, 6) is 0.340. The van der Waals surface area contributed by atoms with Crippen molar-refractivity contribution in [2.45, 2.75) is 32.1 Å². The Morgan fingerprint density at radius 2 is 1.91 bits per heavy atom. The molecule has 4 heterocycles. The number of pyridine rings is 1. The van der Waals surface area contributed by atoms with Gasteiger partial charge in [0.15, 0.2) is 5.60 Å². The van der Waals surface area contributed by atoms with Crippen LogP contribution in [-0.4, -0.2) is 10.9 Å². The molecule has 2 bridgehead atoms. The van der Waals surface area contributed by atoms with Gasteiger partial charge in [0.25, 0.3) is 5.91 Å². The third-order valence-electron chi connectivity index (χ3n) is 6.81. The van der Waals surface area contributed by atoms with E-state index in [9.17, 15) is 4.79 Å². The highest BCUT2D eigenvalue weighted by Gasteiger charge is 2.56. The number of anilines is 1. The molecule has 0 aliphatic carbocycles. The lowest BCUT2D eigenvalue weighted by atomic mass is 9.76. The zero-order chi connectivity index (χ0) is 23.6. The summed E-state index contributed by atoms with van der Waals surface area (Å²) in [6.07, 6.45) is -0.157. The molecule has 3 N–H and O–H groups in total. The fourth-order valence-electron chi connectivity index (χ4n) is 5.27. The van der Waals surface area contributed by atoms with Gasteiger partial charge < -0.3 is 15.8 Å². The largest absolute Gasteiger partial charge is 0.384 e. The molecule has 0 saturated carbocycles. The summed E-state index contributed by atoms with van der Waals surface area (Å²) < 4.78 is 7.41. The number of amides is 1. The van der Waals surface area contributed by atoms with Gasteiger partial charge >= 0.3 is 0 Å². The number of nitrogens with two attached hydrogens (primary N) is 1. The van der Waals surface area contributed by atoms with Gasteiger partial charge in [-0.1, -0.05) is 41.9 Å². The fourth-order valence-corrected chi connectivity index (χ4v) is 6.48. The molecule has 34 heavy (non-hydrogen) atoms. The maximum Gasteiger partial charge on any atom is 0.251 e. The standard InChI is InChI=1S/C27H22ClN3O2S/c1-14-11-24(29)31-15(2)19(14)13-30-26(32)16-7-8-18-21(12-16)27(22-9-10-23(28)34-22)20-6-4-3-5-17(20)25(18)33-27/h3-12,25H,13H2,1-2H3,(H2,29,31)(H,30,32). The molecule has 2 aromatic heterocycles. The number of hydrogen-bond donors (Lipinski definition) is 2. The predicted molar refractivity (Wildman–Crippen MR) is 134 cm³/mol. The lowest BCUT2D eigenvalue weighted by molar-refractivity contribution is 0.0272. The topological polar surface area (TPSA) is 77.2 Å². The van der Waals surface area contributed by atoms with Gasteiger partial charge in [-0.25, -0.2) is 4.98 Å². The molecule has 1 amide bonds. The quantitative estimate of drug-likeness (QED) is 0.390. The van der Waals surface area contributed by atoms with Crippen molar-refractivity contribution in [2.75, 3.05) is 5.73 Å². The minimum Gasteiger partial charge on any atom is -0.384 e. The van der Waals surface area contributed by atoms with Crippen molar-refractivity contribution in [1.29, 1.82) is 0 Å². The van der Waals surface area contributed by atoms with Gasteiger partial charge in [-0.3, -0.25) is 4.79 Å². The summed E-state index contributed by atoms with van der Waals surface area (Å²) in [6, 6.07) is 19.9. The van der Waals surface area contributed by atoms with E-state index in [0.717, 1.165) is 38.4 Å². The Morgan fingerprint density at radius 1 is 1.12 bits per heavy atom. The molecule has 0 radical (unpaired) electrons. The third-order valence-corrected chi connectivity index (χ3v) is 8.15. The molecule has 7 heteroatoms. The lowest BCUT2D eigenvalue weighted by Gasteiger charge is -2.28. The smallest absolute Gasteiger partial charge is 0.251 e. The summed E-state index contributed by atoms with van der Waals surface area (Å²) in [4.78, 5) is 18.5. The van der Waals surface area contributed by atoms with Crippen LogP contribution in [0.25, 0.3) is 0 Å². The van der Waals surface area contributed by atoms with Crippen molar-refractivity contribution in [3.8, 4) is 0 Å². The number of nitrogens with one attached hydrogen (secondary N) is 1. The Labute approximate surface area is 206 Å². The molecule has 2 aliphatic heterocycles. The van der Waals surface area contributed by atoms with Gasteiger partial charge in [0.1, 0.15) is 11.9 Å². The molecule has 0 fully saturated rings. The first kappa shape index (κ1) is 21.4. The number of ether oxygens (including phenoxy) is 1. The average molecular weight is 488 g/mol. The molecule has 5 nitrogen and oxygen atoms in total. The van der Waals surface area contributed by atoms with Crippen LogP contribution in [0.4, 0.5) is 5.82 Å². The molecule has 2 aromatic carbocycles. The molecule has 4 aromatic rings. The zero-order valence-corrected chi connectivity index (χ0v) is 20.3. The summed E-state index contributed by atoms with van der Waals surface area (Å²) in [5, 5.41) is 3.05. The number of aryl methyl sites for hydroxylation is 2. The number of nitrogen functional groups attached to an aromatic ring is 1. The summed E-state index contributed by atoms with van der Waals surface area (Å²) in [5.41, 5.74) is 12.9. The third kappa shape index (κ3) is 3.03. The van der Waals surface area contributed by atoms with E-state index >= 15 is 0 Å². The number of halogens is 1. The van der Waals surface area contributed by atoms with Gasteiger partial charge in [0.2, 0.25) is 0 Å². The van der Waals surface area contributed by atoms with Crippen molar-refractivity contribution in [2.24, 2.45) is 0 Å². The van der Waals surface area contributed by atoms with E-state index in [1.165, 1.54) is 16.9 Å². The van der Waals surface area contributed by atoms with E-state index in [-0.39, 0.29) is 12.0 Å². The fraction of sp³-hybridized carbons (Fsp3) is 0.185. The maximum absolute atomic E-state index is 13.2. The van der Waals surface area contributed by atoms with E-state index in [1.54, 1.807) is 0 Å². The maximum atomic E-state index is 13.2. The molecule has 2 unspecified atom stereocenters. The number of fused-ring (bicyclic) bond motifs is 8. The summed E-state index contributed by atoms with van der Waals surface area (Å²) in [6.45, 7) is 4.26. The van der Waals surface area contributed by atoms with Crippen molar-refractivity contribution in [3.05, 3.63) is 115 Å². The van der Waals surface area contributed by atoms with Crippen LogP contribution < -0.4 is 11.1 Å². The van der Waals surface area contributed by atoms with Gasteiger partial charge in [-0.05, 0) is 72.0 Å². The molecular weight excluding hydrogens is 466 g/mol. The molecule has 0 spiro atoms. The van der Waals surface area contributed by atoms with E-state index in [2.05, 4.69) is 22.4 Å². The normalized spacial score (nSPS) is 19.7. The van der Waals surface area contributed by atoms with Crippen molar-refractivity contribution in [1.82, 2.24) is 10.3 Å². The van der Waals surface area contributed by atoms with Crippen LogP contribution in [-0.2, 0) is 16.9 Å². The number of nitrogens with zero attached hydrogens (tertiary/aromatic N) is 1. The Balaban J connectivity index is 1.38. The second-order valence-corrected chi connectivity index (χ2v) is 10.5. The van der Waals surface area contributed by atoms with Gasteiger partial charge in [0, 0.05) is 28.2 Å². The van der Waals surface area contributed by atoms with Crippen LogP contribution in [0.15, 0.2) is 60.7 Å². The van der Waals surface area contributed by atoms with Crippen molar-refractivity contribution in [3.63, 3.8) is 0 Å².